The van der Waals surface area contributed by atoms with Gasteiger partial charge in [-0.15, -0.1) is 0 Å². The molecule has 0 aliphatic carbocycles. The van der Waals surface area contributed by atoms with Gasteiger partial charge in [-0.2, -0.15) is 4.37 Å². The minimum atomic E-state index is 0.451. The van der Waals surface area contributed by atoms with Gasteiger partial charge in [-0.05, 0) is 23.9 Å². The Morgan fingerprint density at radius 1 is 1.55 bits per heavy atom. The van der Waals surface area contributed by atoms with E-state index in [0.717, 1.165) is 17.8 Å². The van der Waals surface area contributed by atoms with Crippen molar-refractivity contribution in [3.8, 4) is 0 Å². The zero-order valence-corrected chi connectivity index (χ0v) is 8.03. The summed E-state index contributed by atoms with van der Waals surface area (Å²) in [5.74, 6) is 0.451. The van der Waals surface area contributed by atoms with Gasteiger partial charge in [0.2, 0.25) is 0 Å². The third kappa shape index (κ3) is 1.53. The summed E-state index contributed by atoms with van der Waals surface area (Å²) < 4.78 is 4.30. The Balaban J connectivity index is 3.00. The van der Waals surface area contributed by atoms with Crippen LogP contribution in [0.5, 0.6) is 0 Å². The van der Waals surface area contributed by atoms with Crippen LogP contribution < -0.4 is 5.73 Å². The van der Waals surface area contributed by atoms with Crippen LogP contribution in [0.4, 0.5) is 5.69 Å². The molecule has 0 amide bonds. The molecule has 2 nitrogen and oxygen atoms in total. The summed E-state index contributed by atoms with van der Waals surface area (Å²) in [6.07, 6.45) is 0.996. The summed E-state index contributed by atoms with van der Waals surface area (Å²) in [7, 11) is 0. The highest BCUT2D eigenvalue weighted by atomic mass is 32.1. The minimum Gasteiger partial charge on any atom is -0.396 e. The van der Waals surface area contributed by atoms with Crippen LogP contribution in [0.1, 0.15) is 37.3 Å². The summed E-state index contributed by atoms with van der Waals surface area (Å²) in [4.78, 5) is 1.22. The number of hydrogen-bond donors (Lipinski definition) is 1. The lowest BCUT2D eigenvalue weighted by Crippen LogP contribution is -1.95. The van der Waals surface area contributed by atoms with Gasteiger partial charge in [0.25, 0.3) is 0 Å². The molecule has 11 heavy (non-hydrogen) atoms. The number of rotatable bonds is 2. The van der Waals surface area contributed by atoms with Crippen LogP contribution in [0.3, 0.4) is 0 Å². The molecule has 1 rings (SSSR count). The van der Waals surface area contributed by atoms with Crippen LogP contribution >= 0.6 is 11.5 Å². The smallest absolute Gasteiger partial charge is 0.0799 e. The van der Waals surface area contributed by atoms with Crippen LogP contribution in [-0.2, 0) is 6.42 Å². The molecule has 2 N–H and O–H groups in total. The van der Waals surface area contributed by atoms with Crippen LogP contribution in [-0.4, -0.2) is 4.37 Å². The van der Waals surface area contributed by atoms with E-state index in [4.69, 9.17) is 5.73 Å². The van der Waals surface area contributed by atoms with Gasteiger partial charge in [-0.25, -0.2) is 0 Å². The molecule has 0 aliphatic heterocycles. The predicted molar refractivity (Wildman–Crippen MR) is 50.0 cm³/mol. The van der Waals surface area contributed by atoms with E-state index in [9.17, 15) is 0 Å². The second-order valence-electron chi connectivity index (χ2n) is 2.91. The maximum atomic E-state index is 5.86. The fraction of sp³-hybridized carbons (Fsp3) is 0.625. The van der Waals surface area contributed by atoms with E-state index in [1.807, 2.05) is 0 Å². The molecule has 0 aliphatic rings. The van der Waals surface area contributed by atoms with E-state index >= 15 is 0 Å². The summed E-state index contributed by atoms with van der Waals surface area (Å²) in [5, 5.41) is 0. The van der Waals surface area contributed by atoms with E-state index < -0.39 is 0 Å². The first-order chi connectivity index (χ1) is 5.16. The molecule has 0 spiro atoms. The topological polar surface area (TPSA) is 38.9 Å². The fourth-order valence-electron chi connectivity index (χ4n) is 1.02. The first kappa shape index (κ1) is 8.53. The molecule has 0 atom stereocenters. The van der Waals surface area contributed by atoms with Crippen molar-refractivity contribution in [1.29, 1.82) is 0 Å². The van der Waals surface area contributed by atoms with Gasteiger partial charge >= 0.3 is 0 Å². The molecular formula is C8H14N2S. The second-order valence-corrected chi connectivity index (χ2v) is 3.77. The van der Waals surface area contributed by atoms with E-state index in [-0.39, 0.29) is 0 Å². The van der Waals surface area contributed by atoms with E-state index in [0.29, 0.717) is 5.92 Å². The first-order valence-corrected chi connectivity index (χ1v) is 4.68. The van der Waals surface area contributed by atoms with Gasteiger partial charge < -0.3 is 5.73 Å². The molecule has 0 radical (unpaired) electrons. The van der Waals surface area contributed by atoms with Crippen molar-refractivity contribution in [2.45, 2.75) is 33.1 Å². The molecule has 62 valence electrons. The number of nitrogen functional groups attached to an aromatic ring is 1. The zero-order valence-electron chi connectivity index (χ0n) is 7.22. The maximum absolute atomic E-state index is 5.86. The zero-order chi connectivity index (χ0) is 8.43. The monoisotopic (exact) mass is 170 g/mol. The molecule has 0 bridgehead atoms. The van der Waals surface area contributed by atoms with Gasteiger partial charge in [-0.3, -0.25) is 0 Å². The average Bonchev–Trinajstić information content (AvgIpc) is 2.30. The van der Waals surface area contributed by atoms with Crippen molar-refractivity contribution in [2.75, 3.05) is 5.73 Å². The highest BCUT2D eigenvalue weighted by Crippen LogP contribution is 2.27. The maximum Gasteiger partial charge on any atom is 0.0799 e. The molecule has 0 unspecified atom stereocenters. The van der Waals surface area contributed by atoms with Gasteiger partial charge in [0.15, 0.2) is 0 Å². The average molecular weight is 170 g/mol. The van der Waals surface area contributed by atoms with Crippen LogP contribution in [0.2, 0.25) is 0 Å². The summed E-state index contributed by atoms with van der Waals surface area (Å²) >= 11 is 1.53. The molecule has 0 aromatic carbocycles. The number of aromatic nitrogens is 1. The van der Waals surface area contributed by atoms with Gasteiger partial charge in [-0.1, -0.05) is 20.8 Å². The third-order valence-corrected chi connectivity index (χ3v) is 2.72. The number of aryl methyl sites for hydroxylation is 1. The number of anilines is 1. The Bertz CT molecular complexity index is 240. The number of nitrogens with two attached hydrogens (primary N) is 1. The Labute approximate surface area is 71.6 Å². The first-order valence-electron chi connectivity index (χ1n) is 3.90. The highest BCUT2D eigenvalue weighted by Gasteiger charge is 2.11. The minimum absolute atomic E-state index is 0.451. The standard InChI is InChI=1S/C8H14N2S/c1-4-6-7(9)8(5(2)3)10-11-6/h5H,4,9H2,1-3H3. The molecule has 3 heteroatoms. The number of nitrogens with zero attached hydrogens (tertiary/aromatic N) is 1. The summed E-state index contributed by atoms with van der Waals surface area (Å²) in [6, 6.07) is 0. The van der Waals surface area contributed by atoms with Crippen LogP contribution in [0.25, 0.3) is 0 Å². The van der Waals surface area contributed by atoms with Crippen LogP contribution in [0, 0.1) is 0 Å². The lowest BCUT2D eigenvalue weighted by Gasteiger charge is -2.00. The molecule has 0 saturated heterocycles. The van der Waals surface area contributed by atoms with E-state index in [2.05, 4.69) is 25.1 Å². The Kier molecular flexibility index (Phi) is 2.49. The quantitative estimate of drug-likeness (QED) is 0.740. The van der Waals surface area contributed by atoms with E-state index in [1.165, 1.54) is 16.4 Å². The third-order valence-electron chi connectivity index (χ3n) is 1.70. The fourth-order valence-corrected chi connectivity index (χ4v) is 1.87. The van der Waals surface area contributed by atoms with Crippen molar-refractivity contribution < 1.29 is 0 Å². The predicted octanol–water partition coefficient (Wildman–Crippen LogP) is 2.41. The largest absolute Gasteiger partial charge is 0.396 e. The SMILES string of the molecule is CCc1snc(C(C)C)c1N. The van der Waals surface area contributed by atoms with Gasteiger partial charge in [0, 0.05) is 4.88 Å². The van der Waals surface area contributed by atoms with Crippen LogP contribution in [0.15, 0.2) is 0 Å². The van der Waals surface area contributed by atoms with E-state index in [1.54, 1.807) is 0 Å². The summed E-state index contributed by atoms with van der Waals surface area (Å²) in [6.45, 7) is 6.34. The Hall–Kier alpha value is -0.570. The lowest BCUT2D eigenvalue weighted by atomic mass is 10.1. The Morgan fingerprint density at radius 3 is 2.45 bits per heavy atom. The summed E-state index contributed by atoms with van der Waals surface area (Å²) in [5.41, 5.74) is 7.83. The van der Waals surface area contributed by atoms with Crippen molar-refractivity contribution >= 4 is 17.2 Å². The molecule has 1 aromatic heterocycles. The number of hydrogen-bond acceptors (Lipinski definition) is 3. The van der Waals surface area contributed by atoms with Gasteiger partial charge in [0.05, 0.1) is 11.4 Å². The second kappa shape index (κ2) is 3.22. The molecule has 0 saturated carbocycles. The van der Waals surface area contributed by atoms with Crippen molar-refractivity contribution in [1.82, 2.24) is 4.37 Å². The molecule has 1 heterocycles. The molecular weight excluding hydrogens is 156 g/mol. The normalized spacial score (nSPS) is 10.9. The van der Waals surface area contributed by atoms with Crippen molar-refractivity contribution in [3.63, 3.8) is 0 Å². The molecule has 1 aromatic rings. The van der Waals surface area contributed by atoms with Gasteiger partial charge in [0.1, 0.15) is 0 Å². The Morgan fingerprint density at radius 2 is 2.18 bits per heavy atom. The van der Waals surface area contributed by atoms with Crippen molar-refractivity contribution in [3.05, 3.63) is 10.6 Å². The highest BCUT2D eigenvalue weighted by molar-refractivity contribution is 7.06. The molecule has 0 fully saturated rings. The van der Waals surface area contributed by atoms with Crippen molar-refractivity contribution in [2.24, 2.45) is 0 Å². The lowest BCUT2D eigenvalue weighted by molar-refractivity contribution is 0.843.